The van der Waals surface area contributed by atoms with Crippen LogP contribution in [0.15, 0.2) is 11.6 Å². The summed E-state index contributed by atoms with van der Waals surface area (Å²) in [5.41, 5.74) is 1.23. The van der Waals surface area contributed by atoms with Gasteiger partial charge in [-0.1, -0.05) is 12.5 Å². The molecule has 0 aromatic rings. The molecular weight excluding hydrogens is 112 g/mol. The van der Waals surface area contributed by atoms with Crippen LogP contribution in [0.4, 0.5) is 0 Å². The number of carbonyl (C=O) groups is 1. The van der Waals surface area contributed by atoms with Crippen molar-refractivity contribution in [1.82, 2.24) is 0 Å². The van der Waals surface area contributed by atoms with Crippen LogP contribution in [0.25, 0.3) is 0 Å². The SMILES string of the molecule is CC1=CC(=O)CC(C)C1. The maximum absolute atomic E-state index is 10.8. The van der Waals surface area contributed by atoms with Crippen molar-refractivity contribution in [2.75, 3.05) is 0 Å². The lowest BCUT2D eigenvalue weighted by molar-refractivity contribution is -0.115. The van der Waals surface area contributed by atoms with Gasteiger partial charge >= 0.3 is 0 Å². The Morgan fingerprint density at radius 2 is 2.22 bits per heavy atom. The number of carbonyl (C=O) groups excluding carboxylic acids is 1. The summed E-state index contributed by atoms with van der Waals surface area (Å²) in [5.74, 6) is 0.869. The van der Waals surface area contributed by atoms with Crippen LogP contribution in [0.5, 0.6) is 0 Å². The first kappa shape index (κ1) is 6.53. The standard InChI is InChI=1S/C8H12O/c1-6-3-7(2)5-8(9)4-6/h4,7H,3,5H2,1-2H3. The van der Waals surface area contributed by atoms with Gasteiger partial charge < -0.3 is 0 Å². The number of rotatable bonds is 0. The lowest BCUT2D eigenvalue weighted by atomic mass is 9.90. The van der Waals surface area contributed by atoms with E-state index in [1.165, 1.54) is 5.57 Å². The maximum Gasteiger partial charge on any atom is 0.155 e. The summed E-state index contributed by atoms with van der Waals surface area (Å²) in [7, 11) is 0. The highest BCUT2D eigenvalue weighted by Gasteiger charge is 2.13. The zero-order valence-corrected chi connectivity index (χ0v) is 5.98. The molecule has 0 amide bonds. The van der Waals surface area contributed by atoms with Crippen molar-refractivity contribution >= 4 is 5.78 Å². The molecule has 1 heteroatoms. The third-order valence-electron chi connectivity index (χ3n) is 1.63. The van der Waals surface area contributed by atoms with Gasteiger partial charge in [0.1, 0.15) is 0 Å². The molecule has 0 heterocycles. The Morgan fingerprint density at radius 1 is 1.56 bits per heavy atom. The molecule has 0 saturated carbocycles. The summed E-state index contributed by atoms with van der Waals surface area (Å²) in [6, 6.07) is 0. The van der Waals surface area contributed by atoms with Gasteiger partial charge in [-0.3, -0.25) is 4.79 Å². The van der Waals surface area contributed by atoms with Gasteiger partial charge in [0.25, 0.3) is 0 Å². The number of ketones is 1. The molecule has 1 aliphatic rings. The van der Waals surface area contributed by atoms with Gasteiger partial charge in [-0.25, -0.2) is 0 Å². The van der Waals surface area contributed by atoms with E-state index in [4.69, 9.17) is 0 Å². The van der Waals surface area contributed by atoms with Crippen LogP contribution >= 0.6 is 0 Å². The van der Waals surface area contributed by atoms with Gasteiger partial charge in [-0.05, 0) is 25.3 Å². The highest BCUT2D eigenvalue weighted by molar-refractivity contribution is 5.91. The molecule has 0 bridgehead atoms. The molecule has 0 aliphatic heterocycles. The van der Waals surface area contributed by atoms with E-state index in [1.807, 2.05) is 6.92 Å². The Balaban J connectivity index is 2.67. The average molecular weight is 124 g/mol. The van der Waals surface area contributed by atoms with Crippen LogP contribution < -0.4 is 0 Å². The summed E-state index contributed by atoms with van der Waals surface area (Å²) in [6.45, 7) is 4.14. The molecule has 1 unspecified atom stereocenters. The lowest BCUT2D eigenvalue weighted by Crippen LogP contribution is -2.09. The monoisotopic (exact) mass is 124 g/mol. The van der Waals surface area contributed by atoms with Gasteiger partial charge in [0, 0.05) is 6.42 Å². The molecular formula is C8H12O. The lowest BCUT2D eigenvalue weighted by Gasteiger charge is -2.14. The van der Waals surface area contributed by atoms with Crippen molar-refractivity contribution in [3.05, 3.63) is 11.6 Å². The summed E-state index contributed by atoms with van der Waals surface area (Å²) in [5, 5.41) is 0. The van der Waals surface area contributed by atoms with E-state index in [0.717, 1.165) is 12.8 Å². The van der Waals surface area contributed by atoms with Crippen LogP contribution in [-0.4, -0.2) is 5.78 Å². The van der Waals surface area contributed by atoms with E-state index >= 15 is 0 Å². The molecule has 0 aromatic carbocycles. The molecule has 1 rings (SSSR count). The normalized spacial score (nSPS) is 28.0. The molecule has 0 radical (unpaired) electrons. The third kappa shape index (κ3) is 1.67. The van der Waals surface area contributed by atoms with Gasteiger partial charge in [0.15, 0.2) is 5.78 Å². The van der Waals surface area contributed by atoms with Crippen molar-refractivity contribution < 1.29 is 4.79 Å². The number of hydrogen-bond donors (Lipinski definition) is 0. The van der Waals surface area contributed by atoms with Crippen molar-refractivity contribution in [3.63, 3.8) is 0 Å². The first-order chi connectivity index (χ1) is 4.18. The maximum atomic E-state index is 10.8. The summed E-state index contributed by atoms with van der Waals surface area (Å²) >= 11 is 0. The quantitative estimate of drug-likeness (QED) is 0.482. The van der Waals surface area contributed by atoms with E-state index in [-0.39, 0.29) is 0 Å². The summed E-state index contributed by atoms with van der Waals surface area (Å²) in [6.07, 6.45) is 3.61. The van der Waals surface area contributed by atoms with Crippen molar-refractivity contribution in [1.29, 1.82) is 0 Å². The van der Waals surface area contributed by atoms with Gasteiger partial charge in [-0.2, -0.15) is 0 Å². The molecule has 0 N–H and O–H groups in total. The van der Waals surface area contributed by atoms with E-state index in [0.29, 0.717) is 11.7 Å². The first-order valence-corrected chi connectivity index (χ1v) is 3.38. The minimum atomic E-state index is 0.297. The predicted octanol–water partition coefficient (Wildman–Crippen LogP) is 1.93. The fourth-order valence-corrected chi connectivity index (χ4v) is 1.36. The van der Waals surface area contributed by atoms with Crippen LogP contribution in [-0.2, 0) is 4.79 Å². The molecule has 1 nitrogen and oxygen atoms in total. The summed E-state index contributed by atoms with van der Waals surface area (Å²) in [4.78, 5) is 10.8. The van der Waals surface area contributed by atoms with Gasteiger partial charge in [0.05, 0.1) is 0 Å². The van der Waals surface area contributed by atoms with Crippen LogP contribution in [0.1, 0.15) is 26.7 Å². The zero-order chi connectivity index (χ0) is 6.85. The zero-order valence-electron chi connectivity index (χ0n) is 5.98. The largest absolute Gasteiger partial charge is 0.295 e. The van der Waals surface area contributed by atoms with Crippen molar-refractivity contribution in [2.45, 2.75) is 26.7 Å². The Bertz CT molecular complexity index is 156. The van der Waals surface area contributed by atoms with Gasteiger partial charge in [-0.15, -0.1) is 0 Å². The second-order valence-electron chi connectivity index (χ2n) is 2.97. The minimum absolute atomic E-state index is 0.297. The molecule has 1 atom stereocenters. The average Bonchev–Trinajstić information content (AvgIpc) is 1.59. The summed E-state index contributed by atoms with van der Waals surface area (Å²) < 4.78 is 0. The minimum Gasteiger partial charge on any atom is -0.295 e. The molecule has 0 aromatic heterocycles. The van der Waals surface area contributed by atoms with E-state index in [9.17, 15) is 4.79 Å². The molecule has 0 fully saturated rings. The molecule has 50 valence electrons. The first-order valence-electron chi connectivity index (χ1n) is 3.38. The molecule has 1 aliphatic carbocycles. The van der Waals surface area contributed by atoms with E-state index in [2.05, 4.69) is 6.92 Å². The molecule has 0 saturated heterocycles. The highest BCUT2D eigenvalue weighted by Crippen LogP contribution is 2.20. The Morgan fingerprint density at radius 3 is 2.67 bits per heavy atom. The fraction of sp³-hybridized carbons (Fsp3) is 0.625. The number of allylic oxidation sites excluding steroid dienone is 2. The smallest absolute Gasteiger partial charge is 0.155 e. The van der Waals surface area contributed by atoms with Crippen LogP contribution in [0, 0.1) is 5.92 Å². The Labute approximate surface area is 55.8 Å². The Kier molecular flexibility index (Phi) is 1.70. The third-order valence-corrected chi connectivity index (χ3v) is 1.63. The van der Waals surface area contributed by atoms with Crippen LogP contribution in [0.2, 0.25) is 0 Å². The van der Waals surface area contributed by atoms with Gasteiger partial charge in [0.2, 0.25) is 0 Å². The predicted molar refractivity (Wildman–Crippen MR) is 37.2 cm³/mol. The fourth-order valence-electron chi connectivity index (χ4n) is 1.36. The van der Waals surface area contributed by atoms with Crippen LogP contribution in [0.3, 0.4) is 0 Å². The van der Waals surface area contributed by atoms with Crippen molar-refractivity contribution in [3.8, 4) is 0 Å². The Hall–Kier alpha value is -0.590. The van der Waals surface area contributed by atoms with Crippen molar-refractivity contribution in [2.24, 2.45) is 5.92 Å². The number of hydrogen-bond acceptors (Lipinski definition) is 1. The van der Waals surface area contributed by atoms with E-state index in [1.54, 1.807) is 6.08 Å². The second-order valence-corrected chi connectivity index (χ2v) is 2.97. The molecule has 0 spiro atoms. The highest BCUT2D eigenvalue weighted by atomic mass is 16.1. The topological polar surface area (TPSA) is 17.1 Å². The van der Waals surface area contributed by atoms with E-state index < -0.39 is 0 Å². The molecule has 9 heavy (non-hydrogen) atoms. The second kappa shape index (κ2) is 2.34.